The molecule has 0 radical (unpaired) electrons. The zero-order chi connectivity index (χ0) is 22.7. The van der Waals surface area contributed by atoms with E-state index in [2.05, 4.69) is 10.3 Å². The summed E-state index contributed by atoms with van der Waals surface area (Å²) >= 11 is 1.35. The molecule has 8 nitrogen and oxygen atoms in total. The van der Waals surface area contributed by atoms with Crippen LogP contribution in [-0.2, 0) is 26.1 Å². The van der Waals surface area contributed by atoms with E-state index < -0.39 is 10.0 Å². The molecule has 1 aliphatic heterocycles. The van der Waals surface area contributed by atoms with Gasteiger partial charge in [-0.2, -0.15) is 4.31 Å². The number of anilines is 1. The van der Waals surface area contributed by atoms with Gasteiger partial charge in [0.1, 0.15) is 0 Å². The van der Waals surface area contributed by atoms with Crippen LogP contribution in [-0.4, -0.2) is 59.7 Å². The van der Waals surface area contributed by atoms with Gasteiger partial charge in [0.15, 0.2) is 5.16 Å². The molecule has 0 bridgehead atoms. The van der Waals surface area contributed by atoms with Crippen molar-refractivity contribution in [1.82, 2.24) is 13.9 Å². The number of nitrogens with zero attached hydrogens (tertiary/aromatic N) is 3. The number of thioether (sulfide) groups is 1. The summed E-state index contributed by atoms with van der Waals surface area (Å²) in [5.74, 6) is -0.119. The fourth-order valence-corrected chi connectivity index (χ4v) is 5.97. The van der Waals surface area contributed by atoms with Gasteiger partial charge in [-0.15, -0.1) is 0 Å². The van der Waals surface area contributed by atoms with Crippen molar-refractivity contribution in [3.63, 3.8) is 0 Å². The number of carbonyl (C=O) groups is 1. The second-order valence-corrected chi connectivity index (χ2v) is 10.7. The Balaban J connectivity index is 1.57. The standard InChI is InChI=1S/C22H26N4O4S2/c1-3-26-20-10-9-18(32(28,29)25-11-13-30-14-12-25)15-19(20)24-22(26)31-16(2)21(27)23-17-7-5-4-6-8-17/h4-10,15-16H,3,11-14H2,1-2H3,(H,23,27)/t16-/m1/s1. The predicted octanol–water partition coefficient (Wildman–Crippen LogP) is 3.20. The summed E-state index contributed by atoms with van der Waals surface area (Å²) in [6.07, 6.45) is 0. The van der Waals surface area contributed by atoms with Gasteiger partial charge in [-0.05, 0) is 44.2 Å². The van der Waals surface area contributed by atoms with E-state index >= 15 is 0 Å². The van der Waals surface area contributed by atoms with Gasteiger partial charge in [-0.3, -0.25) is 4.79 Å². The lowest BCUT2D eigenvalue weighted by atomic mass is 10.3. The van der Waals surface area contributed by atoms with Crippen LogP contribution < -0.4 is 5.32 Å². The van der Waals surface area contributed by atoms with Crippen molar-refractivity contribution in [1.29, 1.82) is 0 Å². The number of para-hydroxylation sites is 1. The van der Waals surface area contributed by atoms with Gasteiger partial charge in [-0.25, -0.2) is 13.4 Å². The summed E-state index contributed by atoms with van der Waals surface area (Å²) in [4.78, 5) is 17.5. The molecule has 1 amide bonds. The highest BCUT2D eigenvalue weighted by Gasteiger charge is 2.27. The summed E-state index contributed by atoms with van der Waals surface area (Å²) < 4.78 is 34.7. The molecule has 3 aromatic rings. The molecule has 2 heterocycles. The summed E-state index contributed by atoms with van der Waals surface area (Å²) in [5, 5.41) is 3.21. The summed E-state index contributed by atoms with van der Waals surface area (Å²) in [7, 11) is -3.60. The van der Waals surface area contributed by atoms with Gasteiger partial charge in [0, 0.05) is 25.3 Å². The predicted molar refractivity (Wildman–Crippen MR) is 125 cm³/mol. The molecule has 0 spiro atoms. The average Bonchev–Trinajstić information content (AvgIpc) is 3.16. The molecule has 0 saturated carbocycles. The quantitative estimate of drug-likeness (QED) is 0.529. The third-order valence-corrected chi connectivity index (χ3v) is 8.29. The molecule has 10 heteroatoms. The number of nitrogens with one attached hydrogen (secondary N) is 1. The lowest BCUT2D eigenvalue weighted by molar-refractivity contribution is -0.115. The Morgan fingerprint density at radius 1 is 1.19 bits per heavy atom. The summed E-state index contributed by atoms with van der Waals surface area (Å²) in [5.41, 5.74) is 2.18. The Hall–Kier alpha value is -2.40. The van der Waals surface area contributed by atoms with Crippen molar-refractivity contribution in [3.05, 3.63) is 48.5 Å². The SMILES string of the molecule is CCn1c(S[C@H](C)C(=O)Nc2ccccc2)nc2cc(S(=O)(=O)N3CCOCC3)ccc21. The Morgan fingerprint density at radius 2 is 1.91 bits per heavy atom. The van der Waals surface area contributed by atoms with E-state index in [-0.39, 0.29) is 16.1 Å². The van der Waals surface area contributed by atoms with Crippen molar-refractivity contribution in [3.8, 4) is 0 Å². The number of imidazole rings is 1. The Kier molecular flexibility index (Phi) is 6.85. The van der Waals surface area contributed by atoms with Crippen LogP contribution in [0.15, 0.2) is 58.6 Å². The second kappa shape index (κ2) is 9.62. The maximum Gasteiger partial charge on any atom is 0.243 e. The summed E-state index contributed by atoms with van der Waals surface area (Å²) in [6, 6.07) is 14.3. The lowest BCUT2D eigenvalue weighted by Gasteiger charge is -2.26. The minimum Gasteiger partial charge on any atom is -0.379 e. The van der Waals surface area contributed by atoms with Gasteiger partial charge in [-0.1, -0.05) is 30.0 Å². The Bertz CT molecular complexity index is 1210. The van der Waals surface area contributed by atoms with E-state index in [0.29, 0.717) is 43.5 Å². The van der Waals surface area contributed by atoms with Crippen molar-refractivity contribution in [2.24, 2.45) is 0 Å². The van der Waals surface area contributed by atoms with Gasteiger partial charge in [0.25, 0.3) is 0 Å². The van der Waals surface area contributed by atoms with Crippen LogP contribution in [0.5, 0.6) is 0 Å². The first-order valence-electron chi connectivity index (χ1n) is 10.5. The number of aromatic nitrogens is 2. The van der Waals surface area contributed by atoms with Crippen LogP contribution in [0.4, 0.5) is 5.69 Å². The largest absolute Gasteiger partial charge is 0.379 e. The minimum atomic E-state index is -3.60. The zero-order valence-corrected chi connectivity index (χ0v) is 19.7. The molecule has 1 atom stereocenters. The number of hydrogen-bond donors (Lipinski definition) is 1. The third-order valence-electron chi connectivity index (χ3n) is 5.30. The first-order valence-corrected chi connectivity index (χ1v) is 12.8. The van der Waals surface area contributed by atoms with Gasteiger partial charge in [0.2, 0.25) is 15.9 Å². The van der Waals surface area contributed by atoms with Crippen LogP contribution in [0.25, 0.3) is 11.0 Å². The van der Waals surface area contributed by atoms with Gasteiger partial charge >= 0.3 is 0 Å². The molecular formula is C22H26N4O4S2. The molecule has 1 saturated heterocycles. The van der Waals surface area contributed by atoms with E-state index in [1.165, 1.54) is 16.1 Å². The first kappa shape index (κ1) is 22.8. The second-order valence-electron chi connectivity index (χ2n) is 7.42. The molecule has 0 unspecified atom stereocenters. The fraction of sp³-hybridized carbons (Fsp3) is 0.364. The van der Waals surface area contributed by atoms with Crippen molar-refractivity contribution in [2.45, 2.75) is 35.7 Å². The van der Waals surface area contributed by atoms with Crippen LogP contribution in [0.2, 0.25) is 0 Å². The highest BCUT2D eigenvalue weighted by molar-refractivity contribution is 8.00. The number of rotatable bonds is 7. The number of morpholine rings is 1. The van der Waals surface area contributed by atoms with Crippen LogP contribution in [0, 0.1) is 0 Å². The minimum absolute atomic E-state index is 0.119. The molecule has 1 fully saturated rings. The van der Waals surface area contributed by atoms with E-state index in [1.807, 2.05) is 48.7 Å². The van der Waals surface area contributed by atoms with E-state index in [0.717, 1.165) is 11.2 Å². The van der Waals surface area contributed by atoms with Crippen molar-refractivity contribution >= 4 is 44.4 Å². The molecule has 32 heavy (non-hydrogen) atoms. The topological polar surface area (TPSA) is 93.5 Å². The maximum atomic E-state index is 13.0. The molecule has 4 rings (SSSR count). The monoisotopic (exact) mass is 474 g/mol. The molecule has 2 aromatic carbocycles. The summed E-state index contributed by atoms with van der Waals surface area (Å²) in [6.45, 7) is 5.97. The molecule has 1 aromatic heterocycles. The highest BCUT2D eigenvalue weighted by Crippen LogP contribution is 2.30. The third kappa shape index (κ3) is 4.68. The number of fused-ring (bicyclic) bond motifs is 1. The fourth-order valence-electron chi connectivity index (χ4n) is 3.56. The first-order chi connectivity index (χ1) is 15.4. The van der Waals surface area contributed by atoms with E-state index in [9.17, 15) is 13.2 Å². The molecule has 0 aliphatic carbocycles. The zero-order valence-electron chi connectivity index (χ0n) is 18.0. The molecule has 170 valence electrons. The number of hydrogen-bond acceptors (Lipinski definition) is 6. The smallest absolute Gasteiger partial charge is 0.243 e. The molecule has 1 aliphatic rings. The number of aryl methyl sites for hydroxylation is 1. The normalized spacial score (nSPS) is 16.2. The number of sulfonamides is 1. The van der Waals surface area contributed by atoms with Crippen molar-refractivity contribution < 1.29 is 17.9 Å². The molecule has 1 N–H and O–H groups in total. The van der Waals surface area contributed by atoms with Crippen LogP contribution >= 0.6 is 11.8 Å². The Labute approximate surface area is 192 Å². The van der Waals surface area contributed by atoms with Crippen molar-refractivity contribution in [2.75, 3.05) is 31.6 Å². The van der Waals surface area contributed by atoms with Crippen LogP contribution in [0.3, 0.4) is 0 Å². The number of carbonyl (C=O) groups excluding carboxylic acids is 1. The number of ether oxygens (including phenoxy) is 1. The van der Waals surface area contributed by atoms with E-state index in [1.54, 1.807) is 18.2 Å². The van der Waals surface area contributed by atoms with E-state index in [4.69, 9.17) is 4.74 Å². The Morgan fingerprint density at radius 3 is 2.59 bits per heavy atom. The number of amides is 1. The molecular weight excluding hydrogens is 448 g/mol. The van der Waals surface area contributed by atoms with Crippen LogP contribution in [0.1, 0.15) is 13.8 Å². The average molecular weight is 475 g/mol. The lowest BCUT2D eigenvalue weighted by Crippen LogP contribution is -2.40. The maximum absolute atomic E-state index is 13.0. The van der Waals surface area contributed by atoms with Gasteiger partial charge < -0.3 is 14.6 Å². The number of benzene rings is 2. The van der Waals surface area contributed by atoms with Gasteiger partial charge in [0.05, 0.1) is 34.4 Å². The highest BCUT2D eigenvalue weighted by atomic mass is 32.2.